The standard InChI is InChI=1S/C37H64O2/c1-20(2)28-16-29(27-14-12-21(3)13-15-27)23(5)32-30(28)18-35(9)19-36(10)17-22(4)31(26(8)38)24(6)37(36,11)25(7)33(35)34(32)39/h20-25,27-34,39H,12-19H2,1-11H3. The smallest absolute Gasteiger partial charge is 0.133 e. The topological polar surface area (TPSA) is 37.3 Å². The summed E-state index contributed by atoms with van der Waals surface area (Å²) in [5.41, 5.74) is 0.461. The number of aliphatic hydroxyl groups is 1. The van der Waals surface area contributed by atoms with Gasteiger partial charge in [0.05, 0.1) is 6.10 Å². The minimum absolute atomic E-state index is 0.0715. The lowest BCUT2D eigenvalue weighted by Crippen LogP contribution is -2.69. The third kappa shape index (κ3) is 4.36. The van der Waals surface area contributed by atoms with Crippen LogP contribution in [0.4, 0.5) is 0 Å². The highest BCUT2D eigenvalue weighted by atomic mass is 16.3. The van der Waals surface area contributed by atoms with Gasteiger partial charge in [0, 0.05) is 5.92 Å². The van der Waals surface area contributed by atoms with Crippen LogP contribution in [0.25, 0.3) is 0 Å². The maximum atomic E-state index is 12.9. The highest BCUT2D eigenvalue weighted by molar-refractivity contribution is 5.79. The van der Waals surface area contributed by atoms with Crippen molar-refractivity contribution in [2.75, 3.05) is 0 Å². The summed E-state index contributed by atoms with van der Waals surface area (Å²) < 4.78 is 0. The lowest BCUT2D eigenvalue weighted by molar-refractivity contribution is -0.262. The van der Waals surface area contributed by atoms with E-state index in [0.717, 1.165) is 30.1 Å². The summed E-state index contributed by atoms with van der Waals surface area (Å²) >= 11 is 0. The molecule has 0 aromatic rings. The van der Waals surface area contributed by atoms with Gasteiger partial charge in [0.15, 0.2) is 0 Å². The van der Waals surface area contributed by atoms with E-state index < -0.39 is 0 Å². The molecule has 2 heteroatoms. The molecule has 14 unspecified atom stereocenters. The maximum Gasteiger partial charge on any atom is 0.133 e. The van der Waals surface area contributed by atoms with Crippen LogP contribution in [-0.2, 0) is 4.79 Å². The van der Waals surface area contributed by atoms with Crippen molar-refractivity contribution >= 4 is 5.78 Å². The minimum atomic E-state index is -0.214. The third-order valence-electron chi connectivity index (χ3n) is 15.6. The molecule has 5 rings (SSSR count). The molecule has 0 saturated heterocycles. The molecule has 0 aromatic heterocycles. The maximum absolute atomic E-state index is 12.9. The first-order valence-electron chi connectivity index (χ1n) is 17.3. The second kappa shape index (κ2) is 10.1. The zero-order chi connectivity index (χ0) is 28.8. The summed E-state index contributed by atoms with van der Waals surface area (Å²) in [6.07, 6.45) is 10.5. The molecule has 5 aliphatic rings. The van der Waals surface area contributed by atoms with Gasteiger partial charge < -0.3 is 5.11 Å². The number of carbonyl (C=O) groups is 1. The summed E-state index contributed by atoms with van der Waals surface area (Å²) in [6.45, 7) is 26.7. The molecule has 0 heterocycles. The van der Waals surface area contributed by atoms with Gasteiger partial charge >= 0.3 is 0 Å². The molecule has 5 saturated carbocycles. The van der Waals surface area contributed by atoms with E-state index in [4.69, 9.17) is 0 Å². The number of Topliss-reactive ketones (excluding diaryl/α,β-unsaturated/α-hetero) is 1. The molecule has 1 N–H and O–H groups in total. The Morgan fingerprint density at radius 3 is 2.05 bits per heavy atom. The van der Waals surface area contributed by atoms with Crippen LogP contribution in [0.5, 0.6) is 0 Å². The monoisotopic (exact) mass is 540 g/mol. The van der Waals surface area contributed by atoms with Crippen molar-refractivity contribution in [3.05, 3.63) is 0 Å². The molecule has 0 aliphatic heterocycles. The van der Waals surface area contributed by atoms with E-state index in [1.165, 1.54) is 44.9 Å². The summed E-state index contributed by atoms with van der Waals surface area (Å²) in [7, 11) is 0. The lowest BCUT2D eigenvalue weighted by atomic mass is 9.32. The average molecular weight is 541 g/mol. The zero-order valence-electron chi connectivity index (χ0n) is 27.6. The summed E-state index contributed by atoms with van der Waals surface area (Å²) in [5, 5.41) is 12.7. The van der Waals surface area contributed by atoms with Crippen molar-refractivity contribution in [1.82, 2.24) is 0 Å². The van der Waals surface area contributed by atoms with Crippen LogP contribution in [0.15, 0.2) is 0 Å². The second-order valence-electron chi connectivity index (χ2n) is 17.7. The predicted octanol–water partition coefficient (Wildman–Crippen LogP) is 9.29. The Balaban J connectivity index is 1.53. The molecule has 0 radical (unpaired) electrons. The molecule has 0 bridgehead atoms. The highest BCUT2D eigenvalue weighted by Crippen LogP contribution is 2.74. The number of hydrogen-bond acceptors (Lipinski definition) is 2. The number of fused-ring (bicyclic) bond motifs is 3. The number of hydrogen-bond donors (Lipinski definition) is 1. The highest BCUT2D eigenvalue weighted by Gasteiger charge is 2.70. The first-order chi connectivity index (χ1) is 18.1. The van der Waals surface area contributed by atoms with Crippen LogP contribution in [0.3, 0.4) is 0 Å². The molecule has 2 nitrogen and oxygen atoms in total. The van der Waals surface area contributed by atoms with E-state index in [-0.39, 0.29) is 28.3 Å². The minimum Gasteiger partial charge on any atom is -0.392 e. The molecule has 5 aliphatic carbocycles. The van der Waals surface area contributed by atoms with Crippen LogP contribution in [-0.4, -0.2) is 17.0 Å². The fourth-order valence-electron chi connectivity index (χ4n) is 13.8. The molecule has 0 spiro atoms. The van der Waals surface area contributed by atoms with Crippen molar-refractivity contribution in [3.8, 4) is 0 Å². The van der Waals surface area contributed by atoms with Crippen molar-refractivity contribution < 1.29 is 9.90 Å². The fourth-order valence-corrected chi connectivity index (χ4v) is 13.8. The molecular weight excluding hydrogens is 476 g/mol. The Hall–Kier alpha value is -0.370. The van der Waals surface area contributed by atoms with E-state index >= 15 is 0 Å². The van der Waals surface area contributed by atoms with Crippen LogP contribution in [0.2, 0.25) is 0 Å². The first kappa shape index (κ1) is 30.1. The Morgan fingerprint density at radius 1 is 0.872 bits per heavy atom. The molecule has 5 fully saturated rings. The van der Waals surface area contributed by atoms with Crippen molar-refractivity contribution in [2.45, 2.75) is 134 Å². The molecule has 0 aromatic carbocycles. The van der Waals surface area contributed by atoms with Crippen LogP contribution < -0.4 is 0 Å². The van der Waals surface area contributed by atoms with E-state index in [1.54, 1.807) is 0 Å². The van der Waals surface area contributed by atoms with Crippen molar-refractivity contribution in [3.63, 3.8) is 0 Å². The third-order valence-corrected chi connectivity index (χ3v) is 15.6. The van der Waals surface area contributed by atoms with E-state index in [0.29, 0.717) is 53.1 Å². The summed E-state index contributed by atoms with van der Waals surface area (Å²) in [5.74, 6) is 7.76. The normalized spacial score (nSPS) is 57.8. The number of carbonyl (C=O) groups excluding carboxylic acids is 1. The van der Waals surface area contributed by atoms with Gasteiger partial charge in [0.2, 0.25) is 0 Å². The quantitative estimate of drug-likeness (QED) is 0.387. The average Bonchev–Trinajstić information content (AvgIpc) is 2.81. The fraction of sp³-hybridized carbons (Fsp3) is 0.973. The van der Waals surface area contributed by atoms with Crippen LogP contribution in [0, 0.1) is 93.2 Å². The van der Waals surface area contributed by atoms with Gasteiger partial charge in [-0.3, -0.25) is 4.79 Å². The van der Waals surface area contributed by atoms with Gasteiger partial charge in [-0.1, -0.05) is 82.1 Å². The lowest BCUT2D eigenvalue weighted by Gasteiger charge is -2.72. The molecular formula is C37H64O2. The van der Waals surface area contributed by atoms with Crippen LogP contribution in [0.1, 0.15) is 128 Å². The van der Waals surface area contributed by atoms with E-state index in [1.807, 2.05) is 6.92 Å². The number of rotatable bonds is 3. The predicted molar refractivity (Wildman–Crippen MR) is 163 cm³/mol. The SMILES string of the molecule is CC(=O)C1C(C)CC2(C)CC3(C)CC4C(C(C)C)CC(C5CCC(C)CC5)C(C)C4C(O)C3C(C)C2(C)C1C. The largest absolute Gasteiger partial charge is 0.392 e. The molecule has 14 atom stereocenters. The van der Waals surface area contributed by atoms with Gasteiger partial charge in [-0.2, -0.15) is 0 Å². The van der Waals surface area contributed by atoms with Gasteiger partial charge in [-0.25, -0.2) is 0 Å². The number of aliphatic hydroxyl groups excluding tert-OH is 1. The van der Waals surface area contributed by atoms with Crippen molar-refractivity contribution in [1.29, 1.82) is 0 Å². The van der Waals surface area contributed by atoms with Gasteiger partial charge in [-0.15, -0.1) is 0 Å². The Labute approximate surface area is 242 Å². The van der Waals surface area contributed by atoms with E-state index in [2.05, 4.69) is 69.2 Å². The first-order valence-corrected chi connectivity index (χ1v) is 17.3. The van der Waals surface area contributed by atoms with Gasteiger partial charge in [0.1, 0.15) is 5.78 Å². The van der Waals surface area contributed by atoms with Gasteiger partial charge in [-0.05, 0) is 133 Å². The van der Waals surface area contributed by atoms with Crippen LogP contribution >= 0.6 is 0 Å². The molecule has 39 heavy (non-hydrogen) atoms. The molecule has 224 valence electrons. The molecule has 0 amide bonds. The Kier molecular flexibility index (Phi) is 7.81. The summed E-state index contributed by atoms with van der Waals surface area (Å²) in [4.78, 5) is 12.9. The zero-order valence-corrected chi connectivity index (χ0v) is 27.6. The summed E-state index contributed by atoms with van der Waals surface area (Å²) in [6, 6.07) is 0. The van der Waals surface area contributed by atoms with Crippen molar-refractivity contribution in [2.24, 2.45) is 93.2 Å². The van der Waals surface area contributed by atoms with E-state index in [9.17, 15) is 9.90 Å². The Bertz CT molecular complexity index is 916. The Morgan fingerprint density at radius 2 is 1.49 bits per heavy atom. The van der Waals surface area contributed by atoms with Gasteiger partial charge in [0.25, 0.3) is 0 Å². The number of ketones is 1. The second-order valence-corrected chi connectivity index (χ2v) is 17.7.